The largest absolute Gasteiger partial charge is 0.494 e. The van der Waals surface area contributed by atoms with E-state index < -0.39 is 0 Å². The van der Waals surface area contributed by atoms with Crippen LogP contribution in [-0.2, 0) is 0 Å². The monoisotopic (exact) mass is 333 g/mol. The number of hydrogen-bond donors (Lipinski definition) is 1. The van der Waals surface area contributed by atoms with Crippen molar-refractivity contribution in [1.82, 2.24) is 0 Å². The second kappa shape index (κ2) is 6.80. The molecule has 106 valence electrons. The van der Waals surface area contributed by atoms with Crippen molar-refractivity contribution >= 4 is 21.6 Å². The van der Waals surface area contributed by atoms with E-state index in [4.69, 9.17) is 4.74 Å². The van der Waals surface area contributed by atoms with Gasteiger partial charge in [-0.05, 0) is 50.6 Å². The highest BCUT2D eigenvalue weighted by Crippen LogP contribution is 2.29. The minimum atomic E-state index is 0.187. The topological polar surface area (TPSA) is 21.3 Å². The van der Waals surface area contributed by atoms with Gasteiger partial charge in [0.05, 0.1) is 12.6 Å². The molecule has 0 aliphatic rings. The smallest absolute Gasteiger partial charge is 0.124 e. The van der Waals surface area contributed by atoms with E-state index in [-0.39, 0.29) is 6.04 Å². The van der Waals surface area contributed by atoms with Gasteiger partial charge in [0, 0.05) is 15.7 Å². The molecular weight excluding hydrogens is 314 g/mol. The van der Waals surface area contributed by atoms with Crippen molar-refractivity contribution < 1.29 is 4.74 Å². The highest BCUT2D eigenvalue weighted by atomic mass is 79.9. The number of hydrogen-bond acceptors (Lipinski definition) is 2. The van der Waals surface area contributed by atoms with Gasteiger partial charge in [0.25, 0.3) is 0 Å². The molecule has 0 saturated heterocycles. The molecule has 0 saturated carbocycles. The molecular formula is C17H20BrNO. The number of rotatable bonds is 5. The van der Waals surface area contributed by atoms with Crippen LogP contribution >= 0.6 is 15.9 Å². The van der Waals surface area contributed by atoms with E-state index in [9.17, 15) is 0 Å². The van der Waals surface area contributed by atoms with Crippen molar-refractivity contribution in [3.8, 4) is 5.75 Å². The molecule has 0 radical (unpaired) electrons. The summed E-state index contributed by atoms with van der Waals surface area (Å²) in [6, 6.07) is 14.7. The first-order chi connectivity index (χ1) is 9.60. The van der Waals surface area contributed by atoms with E-state index in [1.165, 1.54) is 11.1 Å². The summed E-state index contributed by atoms with van der Waals surface area (Å²) in [7, 11) is 0. The second-order valence-electron chi connectivity index (χ2n) is 4.85. The van der Waals surface area contributed by atoms with Crippen LogP contribution in [0.2, 0.25) is 0 Å². The van der Waals surface area contributed by atoms with Gasteiger partial charge < -0.3 is 10.1 Å². The first-order valence-electron chi connectivity index (χ1n) is 6.85. The fraction of sp³-hybridized carbons (Fsp3) is 0.294. The summed E-state index contributed by atoms with van der Waals surface area (Å²) in [5, 5.41) is 3.53. The Kier molecular flexibility index (Phi) is 5.07. The van der Waals surface area contributed by atoms with Crippen LogP contribution in [0.5, 0.6) is 5.75 Å². The van der Waals surface area contributed by atoms with Crippen molar-refractivity contribution in [2.75, 3.05) is 11.9 Å². The van der Waals surface area contributed by atoms with Gasteiger partial charge in [0.1, 0.15) is 5.75 Å². The molecule has 2 aromatic rings. The third-order valence-corrected chi connectivity index (χ3v) is 3.57. The van der Waals surface area contributed by atoms with Crippen LogP contribution in [0.25, 0.3) is 0 Å². The van der Waals surface area contributed by atoms with E-state index in [1.807, 2.05) is 25.1 Å². The lowest BCUT2D eigenvalue weighted by Crippen LogP contribution is -2.09. The Hall–Kier alpha value is -1.48. The number of benzene rings is 2. The summed E-state index contributed by atoms with van der Waals surface area (Å²) >= 11 is 3.53. The fourth-order valence-electron chi connectivity index (χ4n) is 2.27. The molecule has 1 N–H and O–H groups in total. The van der Waals surface area contributed by atoms with Crippen LogP contribution in [0.3, 0.4) is 0 Å². The van der Waals surface area contributed by atoms with Crippen molar-refractivity contribution in [3.05, 3.63) is 58.1 Å². The van der Waals surface area contributed by atoms with Gasteiger partial charge in [-0.2, -0.15) is 0 Å². The summed E-state index contributed by atoms with van der Waals surface area (Å²) in [6.45, 7) is 6.93. The predicted molar refractivity (Wildman–Crippen MR) is 88.5 cm³/mol. The van der Waals surface area contributed by atoms with Gasteiger partial charge >= 0.3 is 0 Å². The third kappa shape index (κ3) is 3.76. The number of ether oxygens (including phenoxy) is 1. The molecule has 20 heavy (non-hydrogen) atoms. The van der Waals surface area contributed by atoms with E-state index in [1.54, 1.807) is 0 Å². The van der Waals surface area contributed by atoms with E-state index in [2.05, 4.69) is 59.4 Å². The van der Waals surface area contributed by atoms with Crippen LogP contribution < -0.4 is 10.1 Å². The van der Waals surface area contributed by atoms with Gasteiger partial charge in [-0.3, -0.25) is 0 Å². The van der Waals surface area contributed by atoms with Gasteiger partial charge in [0.2, 0.25) is 0 Å². The minimum absolute atomic E-state index is 0.187. The van der Waals surface area contributed by atoms with E-state index in [0.717, 1.165) is 15.9 Å². The van der Waals surface area contributed by atoms with Crippen molar-refractivity contribution in [2.24, 2.45) is 0 Å². The molecule has 0 aliphatic carbocycles. The number of aryl methyl sites for hydroxylation is 1. The number of nitrogens with one attached hydrogen (secondary N) is 1. The Morgan fingerprint density at radius 2 is 1.95 bits per heavy atom. The highest BCUT2D eigenvalue weighted by molar-refractivity contribution is 9.10. The Balaban J connectivity index is 2.21. The van der Waals surface area contributed by atoms with Crippen molar-refractivity contribution in [1.29, 1.82) is 0 Å². The Morgan fingerprint density at radius 3 is 2.65 bits per heavy atom. The number of halogens is 1. The van der Waals surface area contributed by atoms with E-state index >= 15 is 0 Å². The molecule has 0 bridgehead atoms. The molecule has 0 fully saturated rings. The van der Waals surface area contributed by atoms with Crippen LogP contribution in [0.4, 0.5) is 5.69 Å². The summed E-state index contributed by atoms with van der Waals surface area (Å²) in [5.41, 5.74) is 3.51. The van der Waals surface area contributed by atoms with E-state index in [0.29, 0.717) is 6.61 Å². The lowest BCUT2D eigenvalue weighted by atomic mass is 10.1. The quantitative estimate of drug-likeness (QED) is 0.798. The lowest BCUT2D eigenvalue weighted by Gasteiger charge is -2.19. The summed E-state index contributed by atoms with van der Waals surface area (Å²) in [4.78, 5) is 0. The zero-order valence-corrected chi connectivity index (χ0v) is 13.7. The molecule has 2 rings (SSSR count). The van der Waals surface area contributed by atoms with Gasteiger partial charge in [-0.1, -0.05) is 34.1 Å². The zero-order valence-electron chi connectivity index (χ0n) is 12.1. The standard InChI is InChI=1S/C17H20BrNO/c1-4-20-17-8-6-5-7-16(17)13(3)19-15-10-12(2)9-14(18)11-15/h5-11,13,19H,4H2,1-3H3. The molecule has 1 atom stereocenters. The second-order valence-corrected chi connectivity index (χ2v) is 5.77. The predicted octanol–water partition coefficient (Wildman–Crippen LogP) is 5.33. The van der Waals surface area contributed by atoms with Gasteiger partial charge in [0.15, 0.2) is 0 Å². The average molecular weight is 334 g/mol. The van der Waals surface area contributed by atoms with Gasteiger partial charge in [-0.25, -0.2) is 0 Å². The lowest BCUT2D eigenvalue weighted by molar-refractivity contribution is 0.335. The minimum Gasteiger partial charge on any atom is -0.494 e. The van der Waals surface area contributed by atoms with Crippen LogP contribution in [-0.4, -0.2) is 6.61 Å². The summed E-state index contributed by atoms with van der Waals surface area (Å²) < 4.78 is 6.78. The van der Waals surface area contributed by atoms with Crippen LogP contribution in [0.15, 0.2) is 46.9 Å². The molecule has 3 heteroatoms. The summed E-state index contributed by atoms with van der Waals surface area (Å²) in [5.74, 6) is 0.946. The maximum atomic E-state index is 5.69. The first kappa shape index (κ1) is 14.9. The maximum Gasteiger partial charge on any atom is 0.124 e. The van der Waals surface area contributed by atoms with Gasteiger partial charge in [-0.15, -0.1) is 0 Å². The average Bonchev–Trinajstić information content (AvgIpc) is 2.38. The maximum absolute atomic E-state index is 5.69. The molecule has 0 aromatic heterocycles. The molecule has 0 spiro atoms. The Labute approximate surface area is 129 Å². The first-order valence-corrected chi connectivity index (χ1v) is 7.65. The number of para-hydroxylation sites is 1. The van der Waals surface area contributed by atoms with Crippen LogP contribution in [0.1, 0.15) is 31.0 Å². The molecule has 0 heterocycles. The molecule has 0 aliphatic heterocycles. The Bertz CT molecular complexity index is 563. The van der Waals surface area contributed by atoms with Crippen LogP contribution in [0, 0.1) is 6.92 Å². The molecule has 1 unspecified atom stereocenters. The fourth-order valence-corrected chi connectivity index (χ4v) is 2.88. The SMILES string of the molecule is CCOc1ccccc1C(C)Nc1cc(C)cc(Br)c1. The third-order valence-electron chi connectivity index (χ3n) is 3.11. The summed E-state index contributed by atoms with van der Waals surface area (Å²) in [6.07, 6.45) is 0. The Morgan fingerprint density at radius 1 is 1.20 bits per heavy atom. The zero-order chi connectivity index (χ0) is 14.5. The van der Waals surface area contributed by atoms with Crippen molar-refractivity contribution in [2.45, 2.75) is 26.8 Å². The molecule has 2 aromatic carbocycles. The molecule has 2 nitrogen and oxygen atoms in total. The normalized spacial score (nSPS) is 12.0. The van der Waals surface area contributed by atoms with Crippen molar-refractivity contribution in [3.63, 3.8) is 0 Å². The molecule has 0 amide bonds. The highest BCUT2D eigenvalue weighted by Gasteiger charge is 2.11. The number of anilines is 1.